The highest BCUT2D eigenvalue weighted by Gasteiger charge is 2.33. The maximum Gasteiger partial charge on any atom is 0.146 e. The zero-order valence-corrected chi connectivity index (χ0v) is 11.3. The second-order valence-electron chi connectivity index (χ2n) is 4.73. The molecule has 1 fully saturated rings. The van der Waals surface area contributed by atoms with Crippen molar-refractivity contribution in [3.05, 3.63) is 29.6 Å². The lowest BCUT2D eigenvalue weighted by Crippen LogP contribution is -2.22. The molecular formula is C13H17BrFN. The molecule has 1 aliphatic carbocycles. The Morgan fingerprint density at radius 3 is 2.75 bits per heavy atom. The van der Waals surface area contributed by atoms with Crippen LogP contribution in [0.15, 0.2) is 18.2 Å². The van der Waals surface area contributed by atoms with Crippen LogP contribution in [0.1, 0.15) is 18.9 Å². The molecule has 0 aromatic heterocycles. The van der Waals surface area contributed by atoms with E-state index < -0.39 is 0 Å². The molecule has 0 amide bonds. The van der Waals surface area contributed by atoms with Gasteiger partial charge in [0.25, 0.3) is 0 Å². The summed E-state index contributed by atoms with van der Waals surface area (Å²) in [6.07, 6.45) is 1.28. The third-order valence-corrected chi connectivity index (χ3v) is 3.98. The summed E-state index contributed by atoms with van der Waals surface area (Å²) in [6.45, 7) is 3.22. The van der Waals surface area contributed by atoms with Crippen molar-refractivity contribution in [3.8, 4) is 0 Å². The highest BCUT2D eigenvalue weighted by atomic mass is 79.9. The molecule has 16 heavy (non-hydrogen) atoms. The van der Waals surface area contributed by atoms with Crippen molar-refractivity contribution < 1.29 is 4.39 Å². The predicted molar refractivity (Wildman–Crippen MR) is 69.6 cm³/mol. The Balaban J connectivity index is 2.17. The van der Waals surface area contributed by atoms with Crippen LogP contribution in [-0.4, -0.2) is 13.6 Å². The van der Waals surface area contributed by atoms with Crippen LogP contribution in [0.5, 0.6) is 0 Å². The molecule has 0 heterocycles. The second kappa shape index (κ2) is 4.74. The first kappa shape index (κ1) is 11.9. The van der Waals surface area contributed by atoms with Crippen molar-refractivity contribution in [2.75, 3.05) is 18.5 Å². The van der Waals surface area contributed by atoms with Gasteiger partial charge < -0.3 is 4.90 Å². The molecule has 1 aromatic rings. The molecule has 1 nitrogen and oxygen atoms in total. The number of alkyl halides is 1. The van der Waals surface area contributed by atoms with Crippen LogP contribution < -0.4 is 4.90 Å². The van der Waals surface area contributed by atoms with Gasteiger partial charge in [-0.15, -0.1) is 0 Å². The lowest BCUT2D eigenvalue weighted by molar-refractivity contribution is 0.615. The molecule has 1 aliphatic rings. The van der Waals surface area contributed by atoms with Crippen LogP contribution in [-0.2, 0) is 5.33 Å². The van der Waals surface area contributed by atoms with Crippen LogP contribution in [0.4, 0.5) is 10.1 Å². The Morgan fingerprint density at radius 2 is 2.19 bits per heavy atom. The first-order chi connectivity index (χ1) is 7.63. The molecule has 88 valence electrons. The fourth-order valence-electron chi connectivity index (χ4n) is 2.19. The fraction of sp³-hybridized carbons (Fsp3) is 0.538. The van der Waals surface area contributed by atoms with Gasteiger partial charge in [-0.05, 0) is 29.9 Å². The summed E-state index contributed by atoms with van der Waals surface area (Å²) >= 11 is 3.41. The van der Waals surface area contributed by atoms with E-state index in [2.05, 4.69) is 27.8 Å². The van der Waals surface area contributed by atoms with Crippen LogP contribution in [0.25, 0.3) is 0 Å². The zero-order valence-electron chi connectivity index (χ0n) is 9.71. The average molecular weight is 286 g/mol. The van der Waals surface area contributed by atoms with Crippen LogP contribution >= 0.6 is 15.9 Å². The normalized spacial score (nSPS) is 23.2. The highest BCUT2D eigenvalue weighted by Crippen LogP contribution is 2.39. The van der Waals surface area contributed by atoms with Gasteiger partial charge in [0.1, 0.15) is 5.82 Å². The third-order valence-electron chi connectivity index (χ3n) is 3.38. The number of anilines is 1. The number of nitrogens with zero attached hydrogens (tertiary/aromatic N) is 1. The number of para-hydroxylation sites is 1. The van der Waals surface area contributed by atoms with Gasteiger partial charge in [-0.3, -0.25) is 0 Å². The lowest BCUT2D eigenvalue weighted by Gasteiger charge is -2.22. The summed E-state index contributed by atoms with van der Waals surface area (Å²) in [6, 6.07) is 5.28. The molecular weight excluding hydrogens is 269 g/mol. The molecule has 0 radical (unpaired) electrons. The molecule has 0 saturated heterocycles. The predicted octanol–water partition coefficient (Wildman–Crippen LogP) is 3.81. The Labute approximate surface area is 105 Å². The minimum atomic E-state index is -0.118. The third kappa shape index (κ3) is 2.40. The summed E-state index contributed by atoms with van der Waals surface area (Å²) in [4.78, 5) is 2.06. The second-order valence-corrected chi connectivity index (χ2v) is 5.30. The van der Waals surface area contributed by atoms with Gasteiger partial charge in [0.15, 0.2) is 0 Å². The van der Waals surface area contributed by atoms with Crippen molar-refractivity contribution in [1.29, 1.82) is 0 Å². The number of rotatable bonds is 4. The van der Waals surface area contributed by atoms with E-state index in [1.165, 1.54) is 12.5 Å². The monoisotopic (exact) mass is 285 g/mol. The molecule has 2 unspecified atom stereocenters. The van der Waals surface area contributed by atoms with Crippen molar-refractivity contribution in [1.82, 2.24) is 0 Å². The summed E-state index contributed by atoms with van der Waals surface area (Å²) in [5.41, 5.74) is 1.77. The average Bonchev–Trinajstić information content (AvgIpc) is 2.93. The molecule has 0 aliphatic heterocycles. The van der Waals surface area contributed by atoms with Crippen molar-refractivity contribution >= 4 is 21.6 Å². The van der Waals surface area contributed by atoms with Crippen molar-refractivity contribution in [2.45, 2.75) is 18.7 Å². The van der Waals surface area contributed by atoms with Gasteiger partial charge in [-0.2, -0.15) is 0 Å². The number of halogens is 2. The molecule has 2 atom stereocenters. The quantitative estimate of drug-likeness (QED) is 0.761. The molecule has 1 aromatic carbocycles. The molecule has 3 heteroatoms. The van der Waals surface area contributed by atoms with Crippen molar-refractivity contribution in [2.24, 2.45) is 11.8 Å². The number of benzene rings is 1. The summed E-state index contributed by atoms with van der Waals surface area (Å²) in [5, 5.41) is 0.699. The Morgan fingerprint density at radius 1 is 1.50 bits per heavy atom. The molecule has 2 rings (SSSR count). The van der Waals surface area contributed by atoms with E-state index in [-0.39, 0.29) is 5.82 Å². The zero-order chi connectivity index (χ0) is 11.7. The van der Waals surface area contributed by atoms with E-state index in [0.29, 0.717) is 5.33 Å². The summed E-state index contributed by atoms with van der Waals surface area (Å²) in [5.74, 6) is 1.43. The van der Waals surface area contributed by atoms with E-state index in [0.717, 1.165) is 29.6 Å². The summed E-state index contributed by atoms with van der Waals surface area (Å²) < 4.78 is 13.8. The smallest absolute Gasteiger partial charge is 0.146 e. The van der Waals surface area contributed by atoms with Gasteiger partial charge in [0.2, 0.25) is 0 Å². The largest absolute Gasteiger partial charge is 0.372 e. The Hall–Kier alpha value is -0.570. The van der Waals surface area contributed by atoms with Crippen LogP contribution in [0.3, 0.4) is 0 Å². The van der Waals surface area contributed by atoms with E-state index in [1.54, 1.807) is 6.07 Å². The maximum atomic E-state index is 13.8. The SMILES string of the molecule is CC1CC1CN(C)c1c(F)cccc1CBr. The van der Waals surface area contributed by atoms with E-state index in [1.807, 2.05) is 13.1 Å². The van der Waals surface area contributed by atoms with Gasteiger partial charge >= 0.3 is 0 Å². The summed E-state index contributed by atoms with van der Waals surface area (Å²) in [7, 11) is 1.98. The number of hydrogen-bond donors (Lipinski definition) is 0. The van der Waals surface area contributed by atoms with Gasteiger partial charge in [0.05, 0.1) is 5.69 Å². The standard InChI is InChI=1S/C13H17BrFN/c1-9-6-11(9)8-16(2)13-10(7-14)4-3-5-12(13)15/h3-5,9,11H,6-8H2,1-2H3. The maximum absolute atomic E-state index is 13.8. The minimum absolute atomic E-state index is 0.118. The first-order valence-corrected chi connectivity index (χ1v) is 6.80. The minimum Gasteiger partial charge on any atom is -0.372 e. The number of hydrogen-bond acceptors (Lipinski definition) is 1. The van der Waals surface area contributed by atoms with Gasteiger partial charge in [-0.25, -0.2) is 4.39 Å². The first-order valence-electron chi connectivity index (χ1n) is 5.68. The molecule has 0 bridgehead atoms. The van der Waals surface area contributed by atoms with Crippen LogP contribution in [0.2, 0.25) is 0 Å². The van der Waals surface area contributed by atoms with Gasteiger partial charge in [-0.1, -0.05) is 35.0 Å². The Bertz CT molecular complexity index is 380. The molecule has 1 saturated carbocycles. The topological polar surface area (TPSA) is 3.24 Å². The van der Waals surface area contributed by atoms with Crippen LogP contribution in [0, 0.1) is 17.7 Å². The fourth-order valence-corrected chi connectivity index (χ4v) is 2.64. The highest BCUT2D eigenvalue weighted by molar-refractivity contribution is 9.08. The van der Waals surface area contributed by atoms with E-state index in [4.69, 9.17) is 0 Å². The van der Waals surface area contributed by atoms with E-state index >= 15 is 0 Å². The Kier molecular flexibility index (Phi) is 3.53. The molecule has 0 spiro atoms. The van der Waals surface area contributed by atoms with E-state index in [9.17, 15) is 4.39 Å². The lowest BCUT2D eigenvalue weighted by atomic mass is 10.1. The van der Waals surface area contributed by atoms with Crippen molar-refractivity contribution in [3.63, 3.8) is 0 Å². The van der Waals surface area contributed by atoms with Gasteiger partial charge in [0, 0.05) is 18.9 Å². The molecule has 0 N–H and O–H groups in total.